The third-order valence-electron chi connectivity index (χ3n) is 3.29. The van der Waals surface area contributed by atoms with E-state index in [9.17, 15) is 0 Å². The van der Waals surface area contributed by atoms with Crippen molar-refractivity contribution >= 4 is 5.69 Å². The number of ether oxygens (including phenoxy) is 1. The maximum atomic E-state index is 5.42. The first-order chi connectivity index (χ1) is 8.83. The minimum atomic E-state index is 0.249. The number of nitrogens with zero attached hydrogens (tertiary/aromatic N) is 1. The standard InChI is InChI=1S/C15H16N2O/c1-11(12-3-2-6-16-8-12)17-15-5-4-13-9-18-10-14(13)7-15/h2-8,11,17H,9-10H2,1H3. The average molecular weight is 240 g/mol. The van der Waals surface area contributed by atoms with E-state index in [1.54, 1.807) is 6.20 Å². The highest BCUT2D eigenvalue weighted by Crippen LogP contribution is 2.25. The molecule has 1 N–H and O–H groups in total. The lowest BCUT2D eigenvalue weighted by molar-refractivity contribution is 0.134. The molecular weight excluding hydrogens is 224 g/mol. The molecule has 0 fully saturated rings. The first-order valence-electron chi connectivity index (χ1n) is 6.19. The quantitative estimate of drug-likeness (QED) is 0.894. The van der Waals surface area contributed by atoms with Crippen LogP contribution < -0.4 is 5.32 Å². The minimum absolute atomic E-state index is 0.249. The molecule has 1 aliphatic rings. The molecule has 0 aliphatic carbocycles. The second-order valence-corrected chi connectivity index (χ2v) is 4.63. The molecule has 1 aromatic carbocycles. The minimum Gasteiger partial charge on any atom is -0.378 e. The Morgan fingerprint density at radius 2 is 2.11 bits per heavy atom. The molecule has 2 heterocycles. The maximum Gasteiger partial charge on any atom is 0.0725 e. The van der Waals surface area contributed by atoms with E-state index in [1.807, 2.05) is 12.3 Å². The van der Waals surface area contributed by atoms with Gasteiger partial charge < -0.3 is 10.1 Å². The molecule has 18 heavy (non-hydrogen) atoms. The van der Waals surface area contributed by atoms with Gasteiger partial charge in [-0.05, 0) is 41.8 Å². The van der Waals surface area contributed by atoms with E-state index in [-0.39, 0.29) is 6.04 Å². The summed E-state index contributed by atoms with van der Waals surface area (Å²) < 4.78 is 5.42. The summed E-state index contributed by atoms with van der Waals surface area (Å²) >= 11 is 0. The van der Waals surface area contributed by atoms with Gasteiger partial charge in [-0.2, -0.15) is 0 Å². The number of hydrogen-bond acceptors (Lipinski definition) is 3. The van der Waals surface area contributed by atoms with Gasteiger partial charge in [-0.1, -0.05) is 12.1 Å². The molecule has 0 saturated heterocycles. The van der Waals surface area contributed by atoms with Gasteiger partial charge >= 0.3 is 0 Å². The van der Waals surface area contributed by atoms with Crippen LogP contribution in [0.15, 0.2) is 42.7 Å². The molecule has 0 radical (unpaired) electrons. The topological polar surface area (TPSA) is 34.1 Å². The normalized spacial score (nSPS) is 15.2. The third-order valence-corrected chi connectivity index (χ3v) is 3.29. The molecule has 0 spiro atoms. The largest absolute Gasteiger partial charge is 0.378 e. The molecule has 3 rings (SSSR count). The fourth-order valence-electron chi connectivity index (χ4n) is 2.23. The van der Waals surface area contributed by atoms with Crippen molar-refractivity contribution in [3.05, 3.63) is 59.4 Å². The van der Waals surface area contributed by atoms with Crippen LogP contribution in [0.25, 0.3) is 0 Å². The van der Waals surface area contributed by atoms with E-state index in [4.69, 9.17) is 4.74 Å². The van der Waals surface area contributed by atoms with Crippen LogP contribution in [0.4, 0.5) is 5.69 Å². The lowest BCUT2D eigenvalue weighted by Crippen LogP contribution is -2.07. The molecule has 1 aromatic heterocycles. The smallest absolute Gasteiger partial charge is 0.0725 e. The van der Waals surface area contributed by atoms with Crippen molar-refractivity contribution in [2.75, 3.05) is 5.32 Å². The fourth-order valence-corrected chi connectivity index (χ4v) is 2.23. The SMILES string of the molecule is CC(Nc1ccc2c(c1)COC2)c1cccnc1. The number of aromatic nitrogens is 1. The van der Waals surface area contributed by atoms with Crippen molar-refractivity contribution in [3.63, 3.8) is 0 Å². The molecule has 1 unspecified atom stereocenters. The number of anilines is 1. The summed E-state index contributed by atoms with van der Waals surface area (Å²) in [6.07, 6.45) is 3.69. The first kappa shape index (κ1) is 11.2. The molecule has 1 aliphatic heterocycles. The highest BCUT2D eigenvalue weighted by molar-refractivity contribution is 5.50. The second kappa shape index (κ2) is 4.78. The second-order valence-electron chi connectivity index (χ2n) is 4.63. The summed E-state index contributed by atoms with van der Waals surface area (Å²) in [6.45, 7) is 3.61. The highest BCUT2D eigenvalue weighted by atomic mass is 16.5. The summed E-state index contributed by atoms with van der Waals surface area (Å²) in [7, 11) is 0. The van der Waals surface area contributed by atoms with Gasteiger partial charge in [0, 0.05) is 18.1 Å². The Kier molecular flexibility index (Phi) is 2.99. The Hall–Kier alpha value is -1.87. The van der Waals surface area contributed by atoms with Crippen molar-refractivity contribution < 1.29 is 4.74 Å². The molecule has 3 heteroatoms. The lowest BCUT2D eigenvalue weighted by Gasteiger charge is -2.15. The number of benzene rings is 1. The van der Waals surface area contributed by atoms with Crippen LogP contribution in [0.1, 0.15) is 29.7 Å². The predicted octanol–water partition coefficient (Wildman–Crippen LogP) is 3.28. The average Bonchev–Trinajstić information content (AvgIpc) is 2.87. The van der Waals surface area contributed by atoms with Crippen molar-refractivity contribution in [1.29, 1.82) is 0 Å². The van der Waals surface area contributed by atoms with Crippen LogP contribution in [-0.2, 0) is 18.0 Å². The summed E-state index contributed by atoms with van der Waals surface area (Å²) in [5, 5.41) is 3.49. The van der Waals surface area contributed by atoms with E-state index in [0.29, 0.717) is 0 Å². The van der Waals surface area contributed by atoms with Gasteiger partial charge in [-0.25, -0.2) is 0 Å². The zero-order valence-electron chi connectivity index (χ0n) is 10.4. The summed E-state index contributed by atoms with van der Waals surface area (Å²) in [5.74, 6) is 0. The summed E-state index contributed by atoms with van der Waals surface area (Å²) in [4.78, 5) is 4.15. The van der Waals surface area contributed by atoms with E-state index < -0.39 is 0 Å². The summed E-state index contributed by atoms with van der Waals surface area (Å²) in [6, 6.07) is 10.7. The van der Waals surface area contributed by atoms with Gasteiger partial charge in [0.2, 0.25) is 0 Å². The number of nitrogens with one attached hydrogen (secondary N) is 1. The van der Waals surface area contributed by atoms with Gasteiger partial charge in [-0.15, -0.1) is 0 Å². The number of hydrogen-bond donors (Lipinski definition) is 1. The van der Waals surface area contributed by atoms with Crippen LogP contribution in [0.2, 0.25) is 0 Å². The number of pyridine rings is 1. The Bertz CT molecular complexity index is 539. The Balaban J connectivity index is 1.77. The van der Waals surface area contributed by atoms with Crippen molar-refractivity contribution in [2.24, 2.45) is 0 Å². The van der Waals surface area contributed by atoms with Gasteiger partial charge in [-0.3, -0.25) is 4.98 Å². The Morgan fingerprint density at radius 3 is 2.94 bits per heavy atom. The fraction of sp³-hybridized carbons (Fsp3) is 0.267. The molecule has 0 bridgehead atoms. The molecule has 92 valence electrons. The molecular formula is C15H16N2O. The van der Waals surface area contributed by atoms with E-state index in [1.165, 1.54) is 16.7 Å². The zero-order chi connectivity index (χ0) is 12.4. The van der Waals surface area contributed by atoms with Crippen molar-refractivity contribution in [1.82, 2.24) is 4.98 Å². The Labute approximate surface area is 107 Å². The van der Waals surface area contributed by atoms with Crippen molar-refractivity contribution in [2.45, 2.75) is 26.2 Å². The van der Waals surface area contributed by atoms with Crippen LogP contribution in [0.5, 0.6) is 0 Å². The Morgan fingerprint density at radius 1 is 1.22 bits per heavy atom. The van der Waals surface area contributed by atoms with E-state index in [0.717, 1.165) is 18.9 Å². The van der Waals surface area contributed by atoms with Crippen LogP contribution >= 0.6 is 0 Å². The molecule has 2 aromatic rings. The zero-order valence-corrected chi connectivity index (χ0v) is 10.4. The van der Waals surface area contributed by atoms with Gasteiger partial charge in [0.25, 0.3) is 0 Å². The van der Waals surface area contributed by atoms with Gasteiger partial charge in [0.15, 0.2) is 0 Å². The third kappa shape index (κ3) is 2.22. The maximum absolute atomic E-state index is 5.42. The van der Waals surface area contributed by atoms with Crippen molar-refractivity contribution in [3.8, 4) is 0 Å². The molecule has 0 saturated carbocycles. The van der Waals surface area contributed by atoms with E-state index >= 15 is 0 Å². The number of fused-ring (bicyclic) bond motifs is 1. The monoisotopic (exact) mass is 240 g/mol. The first-order valence-corrected chi connectivity index (χ1v) is 6.19. The molecule has 3 nitrogen and oxygen atoms in total. The van der Waals surface area contributed by atoms with Gasteiger partial charge in [0.1, 0.15) is 0 Å². The highest BCUT2D eigenvalue weighted by Gasteiger charge is 2.12. The summed E-state index contributed by atoms with van der Waals surface area (Å²) in [5.41, 5.74) is 4.91. The molecule has 0 amide bonds. The van der Waals surface area contributed by atoms with Crippen LogP contribution in [0, 0.1) is 0 Å². The van der Waals surface area contributed by atoms with Gasteiger partial charge in [0.05, 0.1) is 19.3 Å². The van der Waals surface area contributed by atoms with Crippen LogP contribution in [0.3, 0.4) is 0 Å². The number of rotatable bonds is 3. The van der Waals surface area contributed by atoms with E-state index in [2.05, 4.69) is 41.5 Å². The van der Waals surface area contributed by atoms with Crippen LogP contribution in [-0.4, -0.2) is 4.98 Å². The lowest BCUT2D eigenvalue weighted by atomic mass is 10.1. The molecule has 1 atom stereocenters. The predicted molar refractivity (Wildman–Crippen MR) is 71.2 cm³/mol.